The molecule has 1 aliphatic rings. The second-order valence-electron chi connectivity index (χ2n) is 4.89. The van der Waals surface area contributed by atoms with Gasteiger partial charge >= 0.3 is 0 Å². The number of hydrogen-bond donors (Lipinski definition) is 1. The quantitative estimate of drug-likeness (QED) is 0.786. The van der Waals surface area contributed by atoms with Crippen LogP contribution in [0.3, 0.4) is 0 Å². The third-order valence-corrected chi connectivity index (χ3v) is 3.87. The molecule has 0 amide bonds. The number of aliphatic hydroxyl groups is 1. The number of ether oxygens (including phenoxy) is 3. The molecule has 1 aliphatic carbocycles. The fraction of sp³-hybridized carbons (Fsp3) is 0.600. The van der Waals surface area contributed by atoms with E-state index in [9.17, 15) is 5.11 Å². The molecule has 5 heteroatoms. The number of hydrogen-bond acceptors (Lipinski definition) is 4. The van der Waals surface area contributed by atoms with Gasteiger partial charge in [-0.2, -0.15) is 0 Å². The Morgan fingerprint density at radius 1 is 1.35 bits per heavy atom. The van der Waals surface area contributed by atoms with Crippen LogP contribution in [0.2, 0.25) is 5.02 Å². The molecule has 1 aromatic rings. The topological polar surface area (TPSA) is 47.9 Å². The van der Waals surface area contributed by atoms with Crippen molar-refractivity contribution in [2.75, 3.05) is 20.3 Å². The molecule has 20 heavy (non-hydrogen) atoms. The van der Waals surface area contributed by atoms with Crippen molar-refractivity contribution in [2.24, 2.45) is 0 Å². The van der Waals surface area contributed by atoms with E-state index in [1.54, 1.807) is 7.11 Å². The molecule has 0 saturated heterocycles. The Morgan fingerprint density at radius 3 is 2.80 bits per heavy atom. The molecule has 3 atom stereocenters. The normalized spacial score (nSPS) is 25.3. The zero-order chi connectivity index (χ0) is 14.5. The van der Waals surface area contributed by atoms with Crippen molar-refractivity contribution in [1.82, 2.24) is 0 Å². The van der Waals surface area contributed by atoms with Crippen LogP contribution in [0.25, 0.3) is 0 Å². The SMILES string of the molecule is CCc1cc(OC2CC(O)C2OCCOC)ccc1Cl. The van der Waals surface area contributed by atoms with Crippen LogP contribution in [0.15, 0.2) is 18.2 Å². The molecule has 0 radical (unpaired) electrons. The van der Waals surface area contributed by atoms with Gasteiger partial charge in [-0.1, -0.05) is 18.5 Å². The van der Waals surface area contributed by atoms with Crippen molar-refractivity contribution in [3.05, 3.63) is 28.8 Å². The van der Waals surface area contributed by atoms with Gasteiger partial charge in [-0.05, 0) is 30.2 Å². The molecule has 4 nitrogen and oxygen atoms in total. The van der Waals surface area contributed by atoms with Crippen LogP contribution < -0.4 is 4.74 Å². The number of halogens is 1. The third kappa shape index (κ3) is 3.64. The van der Waals surface area contributed by atoms with E-state index in [2.05, 4.69) is 6.92 Å². The lowest BCUT2D eigenvalue weighted by molar-refractivity contribution is -0.167. The highest BCUT2D eigenvalue weighted by Gasteiger charge is 2.42. The second-order valence-corrected chi connectivity index (χ2v) is 5.30. The molecule has 0 aromatic heterocycles. The first-order chi connectivity index (χ1) is 9.65. The van der Waals surface area contributed by atoms with Crippen molar-refractivity contribution < 1.29 is 19.3 Å². The Balaban J connectivity index is 1.92. The Morgan fingerprint density at radius 2 is 2.15 bits per heavy atom. The van der Waals surface area contributed by atoms with Gasteiger partial charge in [0.15, 0.2) is 0 Å². The number of methoxy groups -OCH3 is 1. The van der Waals surface area contributed by atoms with Crippen LogP contribution in [0.4, 0.5) is 0 Å². The van der Waals surface area contributed by atoms with E-state index in [-0.39, 0.29) is 12.2 Å². The van der Waals surface area contributed by atoms with Crippen LogP contribution in [-0.4, -0.2) is 43.7 Å². The van der Waals surface area contributed by atoms with Gasteiger partial charge in [-0.15, -0.1) is 0 Å². The molecule has 1 fully saturated rings. The van der Waals surface area contributed by atoms with E-state index in [1.807, 2.05) is 18.2 Å². The fourth-order valence-electron chi connectivity index (χ4n) is 2.23. The van der Waals surface area contributed by atoms with Gasteiger partial charge in [0.1, 0.15) is 18.0 Å². The lowest BCUT2D eigenvalue weighted by Crippen LogP contribution is -2.55. The summed E-state index contributed by atoms with van der Waals surface area (Å²) in [6.07, 6.45) is 0.576. The summed E-state index contributed by atoms with van der Waals surface area (Å²) in [4.78, 5) is 0. The summed E-state index contributed by atoms with van der Waals surface area (Å²) in [6, 6.07) is 5.63. The summed E-state index contributed by atoms with van der Waals surface area (Å²) in [6.45, 7) is 3.02. The summed E-state index contributed by atoms with van der Waals surface area (Å²) >= 11 is 6.08. The van der Waals surface area contributed by atoms with Gasteiger partial charge < -0.3 is 19.3 Å². The molecule has 1 saturated carbocycles. The monoisotopic (exact) mass is 300 g/mol. The van der Waals surface area contributed by atoms with Crippen molar-refractivity contribution in [3.63, 3.8) is 0 Å². The van der Waals surface area contributed by atoms with Gasteiger partial charge in [0, 0.05) is 18.6 Å². The molecule has 0 aliphatic heterocycles. The Bertz CT molecular complexity index is 438. The molecule has 0 heterocycles. The van der Waals surface area contributed by atoms with E-state index in [1.165, 1.54) is 0 Å². The molecule has 1 aromatic carbocycles. The van der Waals surface area contributed by atoms with E-state index >= 15 is 0 Å². The largest absolute Gasteiger partial charge is 0.488 e. The van der Waals surface area contributed by atoms with Crippen molar-refractivity contribution in [1.29, 1.82) is 0 Å². The van der Waals surface area contributed by atoms with Gasteiger partial charge in [-0.25, -0.2) is 0 Å². The maximum atomic E-state index is 9.73. The summed E-state index contributed by atoms with van der Waals surface area (Å²) in [5, 5.41) is 10.5. The first-order valence-corrected chi connectivity index (χ1v) is 7.27. The predicted octanol–water partition coefficient (Wildman–Crippen LogP) is 2.45. The van der Waals surface area contributed by atoms with Crippen LogP contribution in [0.1, 0.15) is 18.9 Å². The third-order valence-electron chi connectivity index (χ3n) is 3.50. The lowest BCUT2D eigenvalue weighted by Gasteiger charge is -2.40. The summed E-state index contributed by atoms with van der Waals surface area (Å²) < 4.78 is 16.4. The number of aryl methyl sites for hydroxylation is 1. The first kappa shape index (κ1) is 15.6. The van der Waals surface area contributed by atoms with Crippen LogP contribution in [0.5, 0.6) is 5.75 Å². The first-order valence-electron chi connectivity index (χ1n) is 6.89. The molecule has 0 bridgehead atoms. The summed E-state index contributed by atoms with van der Waals surface area (Å²) in [5.74, 6) is 0.767. The van der Waals surface area contributed by atoms with Gasteiger partial charge in [-0.3, -0.25) is 0 Å². The van der Waals surface area contributed by atoms with Crippen LogP contribution in [0, 0.1) is 0 Å². The molecule has 112 valence electrons. The standard InChI is InChI=1S/C15H21ClO4/c1-3-10-8-11(4-5-12(10)16)20-14-9-13(17)15(14)19-7-6-18-2/h4-5,8,13-15,17H,3,6-7,9H2,1-2H3. The maximum Gasteiger partial charge on any atom is 0.130 e. The minimum absolute atomic E-state index is 0.118. The Kier molecular flexibility index (Phi) is 5.66. The van der Waals surface area contributed by atoms with Crippen LogP contribution >= 0.6 is 11.6 Å². The molecular weight excluding hydrogens is 280 g/mol. The summed E-state index contributed by atoms with van der Waals surface area (Å²) in [7, 11) is 1.62. The van der Waals surface area contributed by atoms with E-state index in [0.29, 0.717) is 19.6 Å². The van der Waals surface area contributed by atoms with Gasteiger partial charge in [0.05, 0.1) is 19.3 Å². The zero-order valence-electron chi connectivity index (χ0n) is 11.8. The highest BCUT2D eigenvalue weighted by Crippen LogP contribution is 2.30. The fourth-order valence-corrected chi connectivity index (χ4v) is 2.48. The number of aliphatic hydroxyl groups excluding tert-OH is 1. The van der Waals surface area contributed by atoms with Crippen molar-refractivity contribution in [3.8, 4) is 5.75 Å². The molecule has 1 N–H and O–H groups in total. The van der Waals surface area contributed by atoms with Gasteiger partial charge in [0.2, 0.25) is 0 Å². The number of rotatable bonds is 7. The average molecular weight is 301 g/mol. The lowest BCUT2D eigenvalue weighted by atomic mass is 9.88. The second kappa shape index (κ2) is 7.27. The molecule has 0 spiro atoms. The van der Waals surface area contributed by atoms with Crippen molar-refractivity contribution in [2.45, 2.75) is 38.1 Å². The van der Waals surface area contributed by atoms with Gasteiger partial charge in [0.25, 0.3) is 0 Å². The Labute approximate surface area is 124 Å². The molecule has 2 rings (SSSR count). The highest BCUT2D eigenvalue weighted by atomic mass is 35.5. The van der Waals surface area contributed by atoms with E-state index < -0.39 is 6.10 Å². The Hall–Kier alpha value is -0.810. The smallest absolute Gasteiger partial charge is 0.130 e. The van der Waals surface area contributed by atoms with Crippen molar-refractivity contribution >= 4 is 11.6 Å². The molecule has 3 unspecified atom stereocenters. The van der Waals surface area contributed by atoms with E-state index in [0.717, 1.165) is 22.8 Å². The van der Waals surface area contributed by atoms with E-state index in [4.69, 9.17) is 25.8 Å². The number of benzene rings is 1. The maximum absolute atomic E-state index is 9.73. The minimum Gasteiger partial charge on any atom is -0.488 e. The van der Waals surface area contributed by atoms with Crippen LogP contribution in [-0.2, 0) is 15.9 Å². The highest BCUT2D eigenvalue weighted by molar-refractivity contribution is 6.31. The molecular formula is C15H21ClO4. The minimum atomic E-state index is -0.463. The summed E-state index contributed by atoms with van der Waals surface area (Å²) in [5.41, 5.74) is 1.06. The zero-order valence-corrected chi connectivity index (χ0v) is 12.6. The predicted molar refractivity (Wildman–Crippen MR) is 77.5 cm³/mol. The average Bonchev–Trinajstić information content (AvgIpc) is 2.45.